The van der Waals surface area contributed by atoms with Crippen molar-refractivity contribution in [2.24, 2.45) is 11.7 Å². The highest BCUT2D eigenvalue weighted by Gasteiger charge is 2.26. The Morgan fingerprint density at radius 2 is 1.92 bits per heavy atom. The van der Waals surface area contributed by atoms with Crippen LogP contribution in [-0.4, -0.2) is 70.0 Å². The summed E-state index contributed by atoms with van der Waals surface area (Å²) < 4.78 is 20.3. The summed E-state index contributed by atoms with van der Waals surface area (Å²) in [6.07, 6.45) is 9.85. The van der Waals surface area contributed by atoms with Crippen LogP contribution in [0.1, 0.15) is 69.7 Å². The largest absolute Gasteiger partial charge is 0.451 e. The third-order valence-electron chi connectivity index (χ3n) is 7.63. The van der Waals surface area contributed by atoms with Crippen LogP contribution in [0.5, 0.6) is 11.5 Å². The second-order valence-corrected chi connectivity index (χ2v) is 10.7. The number of benzene rings is 1. The number of halogens is 1. The summed E-state index contributed by atoms with van der Waals surface area (Å²) in [7, 11) is 0. The zero-order valence-electron chi connectivity index (χ0n) is 22.3. The molecular weight excluding hydrogens is 471 g/mol. The summed E-state index contributed by atoms with van der Waals surface area (Å²) in [5, 5.41) is 3.52. The Labute approximate surface area is 219 Å². The van der Waals surface area contributed by atoms with Gasteiger partial charge < -0.3 is 25.6 Å². The fourth-order valence-electron chi connectivity index (χ4n) is 5.46. The van der Waals surface area contributed by atoms with E-state index in [0.29, 0.717) is 24.2 Å². The van der Waals surface area contributed by atoms with Crippen molar-refractivity contribution in [1.82, 2.24) is 19.8 Å². The molecule has 0 unspecified atom stereocenters. The van der Waals surface area contributed by atoms with E-state index < -0.39 is 5.82 Å². The lowest BCUT2D eigenvalue weighted by atomic mass is 9.86. The minimum absolute atomic E-state index is 0.0209. The van der Waals surface area contributed by atoms with E-state index in [1.165, 1.54) is 37.4 Å². The minimum atomic E-state index is -0.485. The highest BCUT2D eigenvalue weighted by atomic mass is 19.1. The molecule has 8 nitrogen and oxygen atoms in total. The smallest absolute Gasteiger partial charge is 0.257 e. The van der Waals surface area contributed by atoms with E-state index in [0.717, 1.165) is 51.2 Å². The summed E-state index contributed by atoms with van der Waals surface area (Å²) in [6, 6.07) is 4.65. The molecule has 2 aromatic rings. The molecule has 37 heavy (non-hydrogen) atoms. The average molecular weight is 513 g/mol. The molecule has 1 saturated carbocycles. The second-order valence-electron chi connectivity index (χ2n) is 10.7. The third kappa shape index (κ3) is 7.17. The molecule has 2 aliphatic rings. The van der Waals surface area contributed by atoms with Crippen LogP contribution in [0.25, 0.3) is 0 Å². The lowest BCUT2D eigenvalue weighted by Gasteiger charge is -2.36. The number of likely N-dealkylation sites (tertiary alicyclic amines) is 1. The number of carbonyl (C=O) groups excluding carboxylic acids is 1. The fourth-order valence-corrected chi connectivity index (χ4v) is 5.46. The number of anilines is 1. The maximum absolute atomic E-state index is 14.1. The van der Waals surface area contributed by atoms with Crippen LogP contribution < -0.4 is 15.8 Å². The SMILES string of the molecule is CCN(C(=O)c1cc(F)ccc1Oc1cncnc1NC1CCN(C[C@H]2CC[C@H](N)CC2)CC1)C(C)C. The van der Waals surface area contributed by atoms with E-state index in [4.69, 9.17) is 10.5 Å². The Morgan fingerprint density at radius 3 is 2.59 bits per heavy atom. The van der Waals surface area contributed by atoms with Crippen molar-refractivity contribution in [3.8, 4) is 11.5 Å². The van der Waals surface area contributed by atoms with Crippen LogP contribution in [0.4, 0.5) is 10.2 Å². The van der Waals surface area contributed by atoms with Crippen LogP contribution in [-0.2, 0) is 0 Å². The van der Waals surface area contributed by atoms with Crippen molar-refractivity contribution in [2.75, 3.05) is 31.5 Å². The molecule has 2 heterocycles. The molecule has 1 aromatic carbocycles. The van der Waals surface area contributed by atoms with Gasteiger partial charge in [0.2, 0.25) is 0 Å². The van der Waals surface area contributed by atoms with Gasteiger partial charge in [0.15, 0.2) is 11.6 Å². The van der Waals surface area contributed by atoms with E-state index in [9.17, 15) is 9.18 Å². The molecule has 1 aliphatic carbocycles. The fraction of sp³-hybridized carbons (Fsp3) is 0.607. The van der Waals surface area contributed by atoms with Gasteiger partial charge >= 0.3 is 0 Å². The van der Waals surface area contributed by atoms with Gasteiger partial charge in [-0.2, -0.15) is 0 Å². The molecule has 0 bridgehead atoms. The van der Waals surface area contributed by atoms with E-state index in [-0.39, 0.29) is 29.3 Å². The van der Waals surface area contributed by atoms with E-state index in [1.807, 2.05) is 20.8 Å². The third-order valence-corrected chi connectivity index (χ3v) is 7.63. The highest BCUT2D eigenvalue weighted by Crippen LogP contribution is 2.32. The van der Waals surface area contributed by atoms with Gasteiger partial charge in [0.1, 0.15) is 17.9 Å². The molecule has 3 N–H and O–H groups in total. The zero-order chi connectivity index (χ0) is 26.4. The number of nitrogens with two attached hydrogens (primary N) is 1. The summed E-state index contributed by atoms with van der Waals surface area (Å²) in [4.78, 5) is 26.0. The van der Waals surface area contributed by atoms with Crippen molar-refractivity contribution in [3.05, 3.63) is 42.1 Å². The van der Waals surface area contributed by atoms with Crippen LogP contribution >= 0.6 is 0 Å². The Hall–Kier alpha value is -2.78. The summed E-state index contributed by atoms with van der Waals surface area (Å²) >= 11 is 0. The number of aromatic nitrogens is 2. The maximum Gasteiger partial charge on any atom is 0.257 e. The number of nitrogens with one attached hydrogen (secondary N) is 1. The number of hydrogen-bond acceptors (Lipinski definition) is 7. The number of ether oxygens (including phenoxy) is 1. The van der Waals surface area contributed by atoms with Crippen molar-refractivity contribution in [1.29, 1.82) is 0 Å². The van der Waals surface area contributed by atoms with E-state index >= 15 is 0 Å². The highest BCUT2D eigenvalue weighted by molar-refractivity contribution is 5.97. The first-order valence-corrected chi connectivity index (χ1v) is 13.7. The number of hydrogen-bond donors (Lipinski definition) is 2. The van der Waals surface area contributed by atoms with E-state index in [1.54, 1.807) is 11.1 Å². The number of amides is 1. The van der Waals surface area contributed by atoms with Crippen molar-refractivity contribution < 1.29 is 13.9 Å². The van der Waals surface area contributed by atoms with Gasteiger partial charge in [-0.05, 0) is 83.4 Å². The Morgan fingerprint density at radius 1 is 1.19 bits per heavy atom. The van der Waals surface area contributed by atoms with Gasteiger partial charge in [0.05, 0.1) is 11.8 Å². The summed E-state index contributed by atoms with van der Waals surface area (Å²) in [5.41, 5.74) is 6.25. The van der Waals surface area contributed by atoms with Gasteiger partial charge in [0, 0.05) is 44.3 Å². The average Bonchev–Trinajstić information content (AvgIpc) is 2.89. The molecule has 1 aliphatic heterocycles. The molecule has 4 rings (SSSR count). The number of nitrogens with zero attached hydrogens (tertiary/aromatic N) is 4. The maximum atomic E-state index is 14.1. The summed E-state index contributed by atoms with van der Waals surface area (Å²) in [6.45, 7) is 9.53. The number of carbonyl (C=O) groups is 1. The molecule has 1 amide bonds. The second kappa shape index (κ2) is 12.6. The zero-order valence-corrected chi connectivity index (χ0v) is 22.3. The summed E-state index contributed by atoms with van der Waals surface area (Å²) in [5.74, 6) is 1.28. The first-order valence-electron chi connectivity index (χ1n) is 13.7. The molecule has 0 atom stereocenters. The first kappa shape index (κ1) is 27.3. The van der Waals surface area contributed by atoms with Gasteiger partial charge in [-0.25, -0.2) is 14.4 Å². The van der Waals surface area contributed by atoms with Gasteiger partial charge in [-0.1, -0.05) is 0 Å². The molecule has 9 heteroatoms. The molecule has 1 saturated heterocycles. The van der Waals surface area contributed by atoms with Crippen LogP contribution in [0.15, 0.2) is 30.7 Å². The topological polar surface area (TPSA) is 96.6 Å². The predicted octanol–water partition coefficient (Wildman–Crippen LogP) is 4.67. The lowest BCUT2D eigenvalue weighted by Crippen LogP contribution is -2.42. The van der Waals surface area contributed by atoms with Crippen molar-refractivity contribution in [2.45, 2.75) is 77.4 Å². The quantitative estimate of drug-likeness (QED) is 0.504. The van der Waals surface area contributed by atoms with Crippen molar-refractivity contribution in [3.63, 3.8) is 0 Å². The van der Waals surface area contributed by atoms with Gasteiger partial charge in [0.25, 0.3) is 5.91 Å². The molecular formula is C28H41FN6O2. The molecule has 0 spiro atoms. The normalized spacial score (nSPS) is 21.1. The minimum Gasteiger partial charge on any atom is -0.451 e. The van der Waals surface area contributed by atoms with Crippen LogP contribution in [0.2, 0.25) is 0 Å². The number of piperidine rings is 1. The standard InChI is InChI=1S/C28H41FN6O2/c1-4-35(19(2)3)28(36)24-15-21(29)7-10-25(24)37-26-16-31-18-32-27(26)33-23-11-13-34(14-12-23)17-20-5-8-22(30)9-6-20/h7,10,15-16,18-20,22-23H,4-6,8-9,11-14,17,30H2,1-3H3,(H,31,32,33)/t20-,22-. The Bertz CT molecular complexity index is 1040. The predicted molar refractivity (Wildman–Crippen MR) is 143 cm³/mol. The van der Waals surface area contributed by atoms with Gasteiger partial charge in [-0.15, -0.1) is 0 Å². The molecule has 202 valence electrons. The molecule has 0 radical (unpaired) electrons. The van der Waals surface area contributed by atoms with Gasteiger partial charge in [-0.3, -0.25) is 4.79 Å². The van der Waals surface area contributed by atoms with Crippen LogP contribution in [0.3, 0.4) is 0 Å². The monoisotopic (exact) mass is 512 g/mol. The molecule has 1 aromatic heterocycles. The Kier molecular flexibility index (Phi) is 9.32. The van der Waals surface area contributed by atoms with Crippen molar-refractivity contribution >= 4 is 11.7 Å². The Balaban J connectivity index is 1.40. The van der Waals surface area contributed by atoms with E-state index in [2.05, 4.69) is 20.2 Å². The number of rotatable bonds is 9. The molecule has 2 fully saturated rings. The lowest BCUT2D eigenvalue weighted by molar-refractivity contribution is 0.0713. The van der Waals surface area contributed by atoms with Crippen LogP contribution in [0, 0.1) is 11.7 Å². The first-order chi connectivity index (χ1) is 17.8.